The topological polar surface area (TPSA) is 60.2 Å². The van der Waals surface area contributed by atoms with Crippen molar-refractivity contribution in [1.29, 1.82) is 0 Å². The Labute approximate surface area is 207 Å². The van der Waals surface area contributed by atoms with Crippen LogP contribution in [0.15, 0.2) is 85.5 Å². The minimum atomic E-state index is -0.461. The number of aromatic nitrogens is 3. The van der Waals surface area contributed by atoms with E-state index in [1.165, 1.54) is 0 Å². The minimum absolute atomic E-state index is 0.00976. The van der Waals surface area contributed by atoms with E-state index in [-0.39, 0.29) is 5.91 Å². The second-order valence-corrected chi connectivity index (χ2v) is 9.68. The first-order valence-electron chi connectivity index (χ1n) is 11.7. The first-order valence-corrected chi connectivity index (χ1v) is 12.5. The molecule has 0 N–H and O–H groups in total. The average molecular weight is 481 g/mol. The fourth-order valence-electron chi connectivity index (χ4n) is 4.65. The van der Waals surface area contributed by atoms with E-state index in [1.54, 1.807) is 23.9 Å². The standard InChI is InChI=1S/C28H24N4O2S/c1-19-8-6-13-24-26(19)30-28(35-24)32(16-7-15-31-17-14-29-18-31)27(33)25-20-9-2-4-11-22(20)34-23-12-5-3-10-21(23)25/h2-6,8-14,17-18,25H,7,15-16H2,1H3. The number of aryl methyl sites for hydroxylation is 2. The van der Waals surface area contributed by atoms with Gasteiger partial charge in [0.15, 0.2) is 5.13 Å². The molecule has 5 aromatic rings. The highest BCUT2D eigenvalue weighted by Crippen LogP contribution is 2.45. The molecule has 35 heavy (non-hydrogen) atoms. The maximum Gasteiger partial charge on any atom is 0.241 e. The van der Waals surface area contributed by atoms with Crippen LogP contribution in [0.5, 0.6) is 11.5 Å². The van der Waals surface area contributed by atoms with E-state index in [9.17, 15) is 4.79 Å². The van der Waals surface area contributed by atoms with Crippen molar-refractivity contribution in [2.45, 2.75) is 25.8 Å². The summed E-state index contributed by atoms with van der Waals surface area (Å²) in [6.07, 6.45) is 6.30. The summed E-state index contributed by atoms with van der Waals surface area (Å²) in [6.45, 7) is 3.38. The van der Waals surface area contributed by atoms with E-state index in [4.69, 9.17) is 9.72 Å². The molecule has 7 heteroatoms. The molecule has 1 amide bonds. The number of thiazole rings is 1. The summed E-state index contributed by atoms with van der Waals surface area (Å²) in [5, 5.41) is 0.728. The molecular weight excluding hydrogens is 456 g/mol. The van der Waals surface area contributed by atoms with Crippen molar-refractivity contribution in [3.63, 3.8) is 0 Å². The van der Waals surface area contributed by atoms with E-state index in [1.807, 2.05) is 70.3 Å². The summed E-state index contributed by atoms with van der Waals surface area (Å²) >= 11 is 1.57. The van der Waals surface area contributed by atoms with Crippen LogP contribution in [0.4, 0.5) is 5.13 Å². The molecule has 0 fully saturated rings. The maximum absolute atomic E-state index is 14.4. The maximum atomic E-state index is 14.4. The molecule has 0 unspecified atom stereocenters. The Morgan fingerprint density at radius 3 is 2.46 bits per heavy atom. The number of nitrogens with zero attached hydrogens (tertiary/aromatic N) is 4. The Balaban J connectivity index is 1.41. The van der Waals surface area contributed by atoms with E-state index < -0.39 is 5.92 Å². The molecule has 0 radical (unpaired) electrons. The predicted octanol–water partition coefficient (Wildman–Crippen LogP) is 6.16. The van der Waals surface area contributed by atoms with Crippen molar-refractivity contribution in [3.8, 4) is 11.5 Å². The SMILES string of the molecule is Cc1cccc2sc(N(CCCn3ccnc3)C(=O)C3c4ccccc4Oc4ccccc43)nc12. The number of benzene rings is 3. The minimum Gasteiger partial charge on any atom is -0.457 e. The van der Waals surface area contributed by atoms with Gasteiger partial charge < -0.3 is 9.30 Å². The molecule has 1 aliphatic heterocycles. The van der Waals surface area contributed by atoms with Crippen LogP contribution < -0.4 is 9.64 Å². The first-order chi connectivity index (χ1) is 17.2. The number of hydrogen-bond acceptors (Lipinski definition) is 5. The van der Waals surface area contributed by atoms with Gasteiger partial charge in [-0.15, -0.1) is 0 Å². The Morgan fingerprint density at radius 2 is 1.77 bits per heavy atom. The van der Waals surface area contributed by atoms with Crippen molar-refractivity contribution >= 4 is 32.6 Å². The Hall–Kier alpha value is -3.97. The largest absolute Gasteiger partial charge is 0.457 e. The molecule has 0 spiro atoms. The van der Waals surface area contributed by atoms with Gasteiger partial charge in [0.25, 0.3) is 0 Å². The van der Waals surface area contributed by atoms with Gasteiger partial charge in [-0.2, -0.15) is 0 Å². The fourth-order valence-corrected chi connectivity index (χ4v) is 5.73. The number of anilines is 1. The third kappa shape index (κ3) is 3.98. The Bertz CT molecular complexity index is 1460. The number of hydrogen-bond donors (Lipinski definition) is 0. The zero-order valence-corrected chi connectivity index (χ0v) is 20.1. The quantitative estimate of drug-likeness (QED) is 0.292. The van der Waals surface area contributed by atoms with E-state index >= 15 is 0 Å². The van der Waals surface area contributed by atoms with Crippen molar-refractivity contribution in [1.82, 2.24) is 14.5 Å². The van der Waals surface area contributed by atoms with Gasteiger partial charge in [0.05, 0.1) is 22.5 Å². The zero-order valence-electron chi connectivity index (χ0n) is 19.3. The summed E-state index contributed by atoms with van der Waals surface area (Å²) in [7, 11) is 0. The van der Waals surface area contributed by atoms with Gasteiger partial charge in [-0.3, -0.25) is 9.69 Å². The second kappa shape index (κ2) is 9.00. The number of fused-ring (bicyclic) bond motifs is 3. The number of para-hydroxylation sites is 3. The van der Waals surface area contributed by atoms with Gasteiger partial charge in [-0.1, -0.05) is 59.9 Å². The molecule has 6 nitrogen and oxygen atoms in total. The second-order valence-electron chi connectivity index (χ2n) is 8.67. The highest BCUT2D eigenvalue weighted by Gasteiger charge is 2.36. The van der Waals surface area contributed by atoms with Crippen LogP contribution in [0, 0.1) is 6.92 Å². The van der Waals surface area contributed by atoms with Gasteiger partial charge in [0.2, 0.25) is 5.91 Å². The van der Waals surface area contributed by atoms with Crippen LogP contribution in [0.1, 0.15) is 29.0 Å². The summed E-state index contributed by atoms with van der Waals surface area (Å²) in [5.74, 6) is 0.999. The highest BCUT2D eigenvalue weighted by atomic mass is 32.1. The van der Waals surface area contributed by atoms with E-state index in [2.05, 4.69) is 24.0 Å². The van der Waals surface area contributed by atoms with Gasteiger partial charge in [0.1, 0.15) is 11.5 Å². The number of imidazole rings is 1. The van der Waals surface area contributed by atoms with Gasteiger partial charge >= 0.3 is 0 Å². The van der Waals surface area contributed by atoms with E-state index in [0.29, 0.717) is 6.54 Å². The number of carbonyl (C=O) groups excluding carboxylic acids is 1. The predicted molar refractivity (Wildman–Crippen MR) is 138 cm³/mol. The van der Waals surface area contributed by atoms with Crippen molar-refractivity contribution in [2.24, 2.45) is 0 Å². The number of amides is 1. The molecular formula is C28H24N4O2S. The molecule has 0 saturated carbocycles. The highest BCUT2D eigenvalue weighted by molar-refractivity contribution is 7.22. The van der Waals surface area contributed by atoms with E-state index in [0.717, 1.165) is 56.5 Å². The smallest absolute Gasteiger partial charge is 0.241 e. The molecule has 0 saturated heterocycles. The summed E-state index contributed by atoms with van der Waals surface area (Å²) in [6, 6.07) is 21.8. The van der Waals surface area contributed by atoms with Gasteiger partial charge in [-0.05, 0) is 37.1 Å². The molecule has 2 aromatic heterocycles. The molecule has 3 aromatic carbocycles. The molecule has 1 aliphatic rings. The summed E-state index contributed by atoms with van der Waals surface area (Å²) < 4.78 is 9.26. The van der Waals surface area contributed by atoms with Crippen LogP contribution >= 0.6 is 11.3 Å². The zero-order chi connectivity index (χ0) is 23.8. The summed E-state index contributed by atoms with van der Waals surface area (Å²) in [4.78, 5) is 25.3. The third-order valence-corrected chi connectivity index (χ3v) is 7.43. The lowest BCUT2D eigenvalue weighted by Gasteiger charge is -2.31. The van der Waals surface area contributed by atoms with Crippen molar-refractivity contribution in [3.05, 3.63) is 102 Å². The molecule has 3 heterocycles. The van der Waals surface area contributed by atoms with Gasteiger partial charge in [0, 0.05) is 36.6 Å². The van der Waals surface area contributed by atoms with Crippen LogP contribution in [0.2, 0.25) is 0 Å². The molecule has 0 bridgehead atoms. The van der Waals surface area contributed by atoms with Crippen molar-refractivity contribution in [2.75, 3.05) is 11.4 Å². The fraction of sp³-hybridized carbons (Fsp3) is 0.179. The lowest BCUT2D eigenvalue weighted by molar-refractivity contribution is -0.119. The lowest BCUT2D eigenvalue weighted by Crippen LogP contribution is -2.37. The summed E-state index contributed by atoms with van der Waals surface area (Å²) in [5.41, 5.74) is 3.83. The number of ether oxygens (including phenoxy) is 1. The van der Waals surface area contributed by atoms with Crippen molar-refractivity contribution < 1.29 is 9.53 Å². The normalized spacial score (nSPS) is 12.7. The van der Waals surface area contributed by atoms with Crippen LogP contribution in [0.25, 0.3) is 10.2 Å². The number of carbonyl (C=O) groups is 1. The first kappa shape index (κ1) is 21.6. The molecule has 0 atom stereocenters. The van der Waals surface area contributed by atoms with Crippen LogP contribution in [-0.4, -0.2) is 27.0 Å². The molecule has 6 rings (SSSR count). The monoisotopic (exact) mass is 480 g/mol. The Morgan fingerprint density at radius 1 is 1.03 bits per heavy atom. The molecule has 174 valence electrons. The third-order valence-electron chi connectivity index (χ3n) is 6.39. The average Bonchev–Trinajstić information content (AvgIpc) is 3.55. The van der Waals surface area contributed by atoms with Crippen LogP contribution in [-0.2, 0) is 11.3 Å². The molecule has 0 aliphatic carbocycles. The van der Waals surface area contributed by atoms with Gasteiger partial charge in [-0.25, -0.2) is 9.97 Å². The lowest BCUT2D eigenvalue weighted by atomic mass is 9.87. The Kier molecular flexibility index (Phi) is 5.54. The van der Waals surface area contributed by atoms with Crippen LogP contribution in [0.3, 0.4) is 0 Å². The number of rotatable bonds is 6.